The van der Waals surface area contributed by atoms with Gasteiger partial charge in [0.25, 0.3) is 5.56 Å². The molecular formula is C17H12F2N6O2. The van der Waals surface area contributed by atoms with E-state index >= 15 is 0 Å². The Bertz CT molecular complexity index is 1210. The number of para-hydroxylation sites is 1. The lowest BCUT2D eigenvalue weighted by Gasteiger charge is -2.12. The number of H-pyrrole nitrogens is 1. The first kappa shape index (κ1) is 16.8. The first-order valence-electron chi connectivity index (χ1n) is 7.77. The number of nitrogens with two attached hydrogens (primary N) is 1. The van der Waals surface area contributed by atoms with Crippen LogP contribution in [0.5, 0.6) is 0 Å². The van der Waals surface area contributed by atoms with E-state index < -0.39 is 22.9 Å². The van der Waals surface area contributed by atoms with E-state index in [0.29, 0.717) is 17.0 Å². The van der Waals surface area contributed by atoms with Gasteiger partial charge in [-0.1, -0.05) is 6.07 Å². The predicted octanol–water partition coefficient (Wildman–Crippen LogP) is 1.52. The maximum atomic E-state index is 14.3. The molecule has 0 aliphatic heterocycles. The van der Waals surface area contributed by atoms with Gasteiger partial charge in [0, 0.05) is 11.8 Å². The molecule has 0 unspecified atom stereocenters. The van der Waals surface area contributed by atoms with Gasteiger partial charge in [-0.2, -0.15) is 5.10 Å². The molecule has 3 heterocycles. The Hall–Kier alpha value is -3.66. The van der Waals surface area contributed by atoms with Gasteiger partial charge in [0.05, 0.1) is 23.5 Å². The number of nitrogens with zero attached hydrogens (tertiary/aromatic N) is 4. The summed E-state index contributed by atoms with van der Waals surface area (Å²) in [5, 5.41) is 15.7. The van der Waals surface area contributed by atoms with Gasteiger partial charge >= 0.3 is 0 Å². The molecule has 4 aromatic rings. The molecule has 0 radical (unpaired) electrons. The Labute approximate surface area is 149 Å². The number of hydrogen-bond donors (Lipinski definition) is 3. The molecule has 136 valence electrons. The Kier molecular flexibility index (Phi) is 3.89. The second-order valence-corrected chi connectivity index (χ2v) is 5.70. The largest absolute Gasteiger partial charge is 0.390 e. The van der Waals surface area contributed by atoms with Gasteiger partial charge in [0.15, 0.2) is 5.82 Å². The molecule has 3 aromatic heterocycles. The van der Waals surface area contributed by atoms with Gasteiger partial charge in [-0.3, -0.25) is 14.5 Å². The molecule has 27 heavy (non-hydrogen) atoms. The second-order valence-electron chi connectivity index (χ2n) is 5.70. The predicted molar refractivity (Wildman–Crippen MR) is 93.0 cm³/mol. The van der Waals surface area contributed by atoms with E-state index in [9.17, 15) is 18.7 Å². The van der Waals surface area contributed by atoms with E-state index in [4.69, 9.17) is 5.73 Å². The van der Waals surface area contributed by atoms with Gasteiger partial charge in [-0.05, 0) is 18.2 Å². The summed E-state index contributed by atoms with van der Waals surface area (Å²) in [6, 6.07) is 4.77. The highest BCUT2D eigenvalue weighted by Crippen LogP contribution is 2.28. The molecule has 0 atom stereocenters. The monoisotopic (exact) mass is 370 g/mol. The van der Waals surface area contributed by atoms with Crippen LogP contribution < -0.4 is 11.3 Å². The molecule has 0 saturated carbocycles. The third-order valence-corrected chi connectivity index (χ3v) is 4.09. The number of nitrogen functional groups attached to an aromatic ring is 1. The van der Waals surface area contributed by atoms with Crippen molar-refractivity contribution in [3.05, 3.63) is 64.5 Å². The number of aliphatic hydroxyl groups is 1. The second kappa shape index (κ2) is 6.25. The number of nitrogens with one attached hydrogen (secondary N) is 1. The van der Waals surface area contributed by atoms with Crippen molar-refractivity contribution >= 4 is 16.7 Å². The van der Waals surface area contributed by atoms with Crippen molar-refractivity contribution in [2.24, 2.45) is 0 Å². The number of anilines is 1. The molecule has 10 heteroatoms. The molecule has 0 aliphatic rings. The van der Waals surface area contributed by atoms with E-state index in [-0.39, 0.29) is 23.3 Å². The van der Waals surface area contributed by atoms with Gasteiger partial charge < -0.3 is 10.8 Å². The van der Waals surface area contributed by atoms with Crippen LogP contribution in [0.15, 0.2) is 41.6 Å². The van der Waals surface area contributed by atoms with Crippen LogP contribution in [0, 0.1) is 11.6 Å². The summed E-state index contributed by atoms with van der Waals surface area (Å²) >= 11 is 0. The minimum absolute atomic E-state index is 0.0284. The number of aromatic amines is 1. The highest BCUT2D eigenvalue weighted by Gasteiger charge is 2.20. The fourth-order valence-electron chi connectivity index (χ4n) is 2.85. The summed E-state index contributed by atoms with van der Waals surface area (Å²) in [7, 11) is 0. The third kappa shape index (κ3) is 2.62. The molecular weight excluding hydrogens is 358 g/mol. The zero-order valence-electron chi connectivity index (χ0n) is 13.6. The Morgan fingerprint density at radius 3 is 2.67 bits per heavy atom. The van der Waals surface area contributed by atoms with Crippen LogP contribution in [0.2, 0.25) is 0 Å². The van der Waals surface area contributed by atoms with E-state index in [1.807, 2.05) is 0 Å². The highest BCUT2D eigenvalue weighted by atomic mass is 19.1. The standard InChI is InChI=1S/C17H12F2N6O2/c18-10-2-1-3-11(19)15(10)25-5-9(12-4-8(6-26)21-7-22-12)14-13(17(25)27)16(20)24-23-14/h1-5,7,26H,6H2,(H3,20,23,24). The number of hydrogen-bond acceptors (Lipinski definition) is 6. The molecule has 0 amide bonds. The molecule has 0 spiro atoms. The molecule has 0 bridgehead atoms. The van der Waals surface area contributed by atoms with Gasteiger partial charge in [-0.15, -0.1) is 0 Å². The maximum Gasteiger partial charge on any atom is 0.268 e. The lowest BCUT2D eigenvalue weighted by molar-refractivity contribution is 0.276. The van der Waals surface area contributed by atoms with Crippen LogP contribution in [-0.4, -0.2) is 29.8 Å². The van der Waals surface area contributed by atoms with Crippen molar-refractivity contribution < 1.29 is 13.9 Å². The van der Waals surface area contributed by atoms with Crippen LogP contribution in [0.4, 0.5) is 14.6 Å². The summed E-state index contributed by atoms with van der Waals surface area (Å²) in [5.41, 5.74) is 5.73. The first-order valence-corrected chi connectivity index (χ1v) is 7.77. The fraction of sp³-hybridized carbons (Fsp3) is 0.0588. The average molecular weight is 370 g/mol. The van der Waals surface area contributed by atoms with E-state index in [1.54, 1.807) is 0 Å². The molecule has 4 rings (SSSR count). The van der Waals surface area contributed by atoms with Crippen molar-refractivity contribution in [2.75, 3.05) is 5.73 Å². The van der Waals surface area contributed by atoms with Crippen LogP contribution >= 0.6 is 0 Å². The molecule has 0 fully saturated rings. The van der Waals surface area contributed by atoms with Gasteiger partial charge in [-0.25, -0.2) is 18.7 Å². The van der Waals surface area contributed by atoms with E-state index in [0.717, 1.165) is 16.7 Å². The van der Waals surface area contributed by atoms with Crippen molar-refractivity contribution in [2.45, 2.75) is 6.61 Å². The number of rotatable bonds is 3. The Balaban J connectivity index is 2.12. The van der Waals surface area contributed by atoms with E-state index in [1.165, 1.54) is 24.7 Å². The van der Waals surface area contributed by atoms with Crippen molar-refractivity contribution in [1.82, 2.24) is 24.7 Å². The van der Waals surface area contributed by atoms with Crippen LogP contribution in [-0.2, 0) is 6.61 Å². The van der Waals surface area contributed by atoms with Crippen LogP contribution in [0.1, 0.15) is 5.69 Å². The normalized spacial score (nSPS) is 11.2. The summed E-state index contributed by atoms with van der Waals surface area (Å²) in [6.45, 7) is -0.328. The maximum absolute atomic E-state index is 14.3. The quantitative estimate of drug-likeness (QED) is 0.503. The van der Waals surface area contributed by atoms with Gasteiger partial charge in [0.1, 0.15) is 29.0 Å². The molecule has 0 aliphatic carbocycles. The lowest BCUT2D eigenvalue weighted by Crippen LogP contribution is -2.21. The van der Waals surface area contributed by atoms with Crippen LogP contribution in [0.3, 0.4) is 0 Å². The zero-order chi connectivity index (χ0) is 19.1. The number of halogens is 2. The number of benzene rings is 1. The SMILES string of the molecule is Nc1n[nH]c2c(-c3cc(CO)ncn3)cn(-c3c(F)cccc3F)c(=O)c12. The van der Waals surface area contributed by atoms with Crippen LogP contribution in [0.25, 0.3) is 27.8 Å². The minimum atomic E-state index is -0.914. The third-order valence-electron chi connectivity index (χ3n) is 4.09. The number of fused-ring (bicyclic) bond motifs is 1. The van der Waals surface area contributed by atoms with Crippen molar-refractivity contribution in [3.63, 3.8) is 0 Å². The number of pyridine rings is 1. The summed E-state index contributed by atoms with van der Waals surface area (Å²) in [4.78, 5) is 20.8. The smallest absolute Gasteiger partial charge is 0.268 e. The number of aliphatic hydroxyl groups excluding tert-OH is 1. The first-order chi connectivity index (χ1) is 13.0. The minimum Gasteiger partial charge on any atom is -0.390 e. The highest BCUT2D eigenvalue weighted by molar-refractivity contribution is 5.97. The Morgan fingerprint density at radius 1 is 1.22 bits per heavy atom. The molecule has 0 saturated heterocycles. The number of aromatic nitrogens is 5. The topological polar surface area (TPSA) is 123 Å². The lowest BCUT2D eigenvalue weighted by atomic mass is 10.1. The zero-order valence-corrected chi connectivity index (χ0v) is 13.6. The van der Waals surface area contributed by atoms with Crippen molar-refractivity contribution in [3.8, 4) is 16.9 Å². The summed E-state index contributed by atoms with van der Waals surface area (Å²) in [5.74, 6) is -1.94. The summed E-state index contributed by atoms with van der Waals surface area (Å²) in [6.07, 6.45) is 2.47. The van der Waals surface area contributed by atoms with Crippen molar-refractivity contribution in [1.29, 1.82) is 0 Å². The fourth-order valence-corrected chi connectivity index (χ4v) is 2.85. The molecule has 8 nitrogen and oxygen atoms in total. The van der Waals surface area contributed by atoms with Gasteiger partial charge in [0.2, 0.25) is 0 Å². The Morgan fingerprint density at radius 2 is 1.96 bits per heavy atom. The molecule has 1 aromatic carbocycles. The van der Waals surface area contributed by atoms with E-state index in [2.05, 4.69) is 20.2 Å². The molecule has 4 N–H and O–H groups in total. The average Bonchev–Trinajstić information content (AvgIpc) is 3.05. The summed E-state index contributed by atoms with van der Waals surface area (Å²) < 4.78 is 29.4.